The summed E-state index contributed by atoms with van der Waals surface area (Å²) in [5.74, 6) is 1.60. The Morgan fingerprint density at radius 1 is 1.37 bits per heavy atom. The summed E-state index contributed by atoms with van der Waals surface area (Å²) in [6.45, 7) is 3.53. The van der Waals surface area contributed by atoms with Gasteiger partial charge in [-0.1, -0.05) is 29.4 Å². The first-order valence-corrected chi connectivity index (χ1v) is 9.94. The van der Waals surface area contributed by atoms with Gasteiger partial charge < -0.3 is 14.5 Å². The van der Waals surface area contributed by atoms with E-state index in [1.807, 2.05) is 36.1 Å². The highest BCUT2D eigenvalue weighted by Crippen LogP contribution is 2.45. The molecule has 1 aromatic carbocycles. The van der Waals surface area contributed by atoms with Gasteiger partial charge in [0.05, 0.1) is 5.60 Å². The molecule has 1 aliphatic carbocycles. The number of hydrogen-bond donors (Lipinski definition) is 1. The fourth-order valence-electron chi connectivity index (χ4n) is 4.02. The Kier molecular flexibility index (Phi) is 5.00. The number of amides is 1. The van der Waals surface area contributed by atoms with Crippen LogP contribution in [0.3, 0.4) is 0 Å². The Morgan fingerprint density at radius 3 is 2.96 bits per heavy atom. The standard InChI is InChI=1S/C21H27N3O3/c1-15-6-2-3-8-17(15)20-22-18(27-23-20)9-4-10-19(25)24-13-5-7-16(14-24)21(26)11-12-21/h2-3,6,8,16,26H,4-5,7,9-14H2,1H3. The van der Waals surface area contributed by atoms with Gasteiger partial charge in [0.25, 0.3) is 0 Å². The van der Waals surface area contributed by atoms with E-state index in [-0.39, 0.29) is 11.8 Å². The van der Waals surface area contributed by atoms with Crippen LogP contribution in [0.15, 0.2) is 28.8 Å². The lowest BCUT2D eigenvalue weighted by molar-refractivity contribution is -0.134. The quantitative estimate of drug-likeness (QED) is 0.846. The zero-order chi connectivity index (χ0) is 18.9. The molecule has 2 fully saturated rings. The first-order chi connectivity index (χ1) is 13.0. The topological polar surface area (TPSA) is 79.5 Å². The molecule has 1 atom stereocenters. The van der Waals surface area contributed by atoms with E-state index in [1.165, 1.54) is 0 Å². The molecule has 4 rings (SSSR count). The highest BCUT2D eigenvalue weighted by Gasteiger charge is 2.48. The molecule has 6 nitrogen and oxygen atoms in total. The number of likely N-dealkylation sites (tertiary alicyclic amines) is 1. The monoisotopic (exact) mass is 369 g/mol. The highest BCUT2D eigenvalue weighted by atomic mass is 16.5. The molecular weight excluding hydrogens is 342 g/mol. The van der Waals surface area contributed by atoms with Crippen LogP contribution < -0.4 is 0 Å². The lowest BCUT2D eigenvalue weighted by Crippen LogP contribution is -2.44. The lowest BCUT2D eigenvalue weighted by Gasteiger charge is -2.35. The number of rotatable bonds is 6. The minimum absolute atomic E-state index is 0.169. The maximum absolute atomic E-state index is 12.5. The summed E-state index contributed by atoms with van der Waals surface area (Å²) in [5.41, 5.74) is 1.59. The van der Waals surface area contributed by atoms with Gasteiger partial charge in [-0.3, -0.25) is 4.79 Å². The molecule has 0 bridgehead atoms. The van der Waals surface area contributed by atoms with E-state index in [4.69, 9.17) is 4.52 Å². The zero-order valence-corrected chi connectivity index (χ0v) is 15.9. The second kappa shape index (κ2) is 7.43. The lowest BCUT2D eigenvalue weighted by atomic mass is 9.90. The minimum Gasteiger partial charge on any atom is -0.390 e. The molecule has 1 unspecified atom stereocenters. The van der Waals surface area contributed by atoms with Crippen LogP contribution in [0, 0.1) is 12.8 Å². The highest BCUT2D eigenvalue weighted by molar-refractivity contribution is 5.76. The van der Waals surface area contributed by atoms with Crippen LogP contribution in [0.5, 0.6) is 0 Å². The third-order valence-corrected chi connectivity index (χ3v) is 5.93. The number of nitrogens with zero attached hydrogens (tertiary/aromatic N) is 3. The molecule has 1 N–H and O–H groups in total. The van der Waals surface area contributed by atoms with Crippen LogP contribution in [0.1, 0.15) is 50.0 Å². The predicted molar refractivity (Wildman–Crippen MR) is 101 cm³/mol. The molecule has 6 heteroatoms. The number of aromatic nitrogens is 2. The second-order valence-electron chi connectivity index (χ2n) is 7.96. The molecule has 1 amide bonds. The summed E-state index contributed by atoms with van der Waals surface area (Å²) in [5, 5.41) is 14.4. The Morgan fingerprint density at radius 2 is 2.19 bits per heavy atom. The molecule has 2 aromatic rings. The molecule has 1 saturated carbocycles. The van der Waals surface area contributed by atoms with Gasteiger partial charge in [0, 0.05) is 37.4 Å². The summed E-state index contributed by atoms with van der Waals surface area (Å²) in [4.78, 5) is 18.9. The summed E-state index contributed by atoms with van der Waals surface area (Å²) in [7, 11) is 0. The molecule has 0 radical (unpaired) electrons. The van der Waals surface area contributed by atoms with Crippen molar-refractivity contribution in [2.45, 2.75) is 57.5 Å². The van der Waals surface area contributed by atoms with E-state index in [0.29, 0.717) is 37.5 Å². The number of piperidine rings is 1. The number of carbonyl (C=O) groups excluding carboxylic acids is 1. The van der Waals surface area contributed by atoms with E-state index >= 15 is 0 Å². The third kappa shape index (κ3) is 4.05. The summed E-state index contributed by atoms with van der Waals surface area (Å²) < 4.78 is 5.35. The second-order valence-corrected chi connectivity index (χ2v) is 7.96. The van der Waals surface area contributed by atoms with E-state index in [0.717, 1.165) is 43.4 Å². The smallest absolute Gasteiger partial charge is 0.226 e. The van der Waals surface area contributed by atoms with Crippen LogP contribution in [-0.2, 0) is 11.2 Å². The van der Waals surface area contributed by atoms with E-state index < -0.39 is 5.60 Å². The maximum Gasteiger partial charge on any atom is 0.226 e. The van der Waals surface area contributed by atoms with Gasteiger partial charge in [0.2, 0.25) is 17.6 Å². The van der Waals surface area contributed by atoms with Gasteiger partial charge >= 0.3 is 0 Å². The Balaban J connectivity index is 1.27. The molecule has 2 heterocycles. The van der Waals surface area contributed by atoms with Crippen molar-refractivity contribution in [3.05, 3.63) is 35.7 Å². The van der Waals surface area contributed by atoms with Gasteiger partial charge in [-0.25, -0.2) is 0 Å². The first-order valence-electron chi connectivity index (χ1n) is 9.94. The molecule has 1 aliphatic heterocycles. The number of aliphatic hydroxyl groups is 1. The van der Waals surface area contributed by atoms with Crippen molar-refractivity contribution in [2.75, 3.05) is 13.1 Å². The minimum atomic E-state index is -0.491. The normalized spacial score (nSPS) is 21.3. The largest absolute Gasteiger partial charge is 0.390 e. The maximum atomic E-state index is 12.5. The van der Waals surface area contributed by atoms with E-state index in [9.17, 15) is 9.90 Å². The summed E-state index contributed by atoms with van der Waals surface area (Å²) in [6, 6.07) is 7.95. The molecular formula is C21H27N3O3. The van der Waals surface area contributed by atoms with Crippen molar-refractivity contribution in [3.63, 3.8) is 0 Å². The fraction of sp³-hybridized carbons (Fsp3) is 0.571. The molecule has 27 heavy (non-hydrogen) atoms. The molecule has 1 aromatic heterocycles. The SMILES string of the molecule is Cc1ccccc1-c1noc(CCCC(=O)N2CCCC(C3(O)CC3)C2)n1. The zero-order valence-electron chi connectivity index (χ0n) is 15.9. The van der Waals surface area contributed by atoms with Crippen molar-refractivity contribution in [1.82, 2.24) is 15.0 Å². The number of carbonyl (C=O) groups is 1. The van der Waals surface area contributed by atoms with Gasteiger partial charge in [-0.05, 0) is 44.6 Å². The average Bonchev–Trinajstić information content (AvgIpc) is 3.26. The Labute approximate surface area is 159 Å². The molecule has 1 saturated heterocycles. The van der Waals surface area contributed by atoms with Gasteiger partial charge in [-0.15, -0.1) is 0 Å². The fourth-order valence-corrected chi connectivity index (χ4v) is 4.02. The van der Waals surface area contributed by atoms with E-state index in [2.05, 4.69) is 10.1 Å². The number of hydrogen-bond acceptors (Lipinski definition) is 5. The average molecular weight is 369 g/mol. The van der Waals surface area contributed by atoms with Crippen molar-refractivity contribution in [1.29, 1.82) is 0 Å². The Bertz CT molecular complexity index is 813. The van der Waals surface area contributed by atoms with Crippen LogP contribution in [-0.4, -0.2) is 44.7 Å². The van der Waals surface area contributed by atoms with E-state index in [1.54, 1.807) is 0 Å². The van der Waals surface area contributed by atoms with Crippen LogP contribution >= 0.6 is 0 Å². The van der Waals surface area contributed by atoms with Crippen molar-refractivity contribution in [3.8, 4) is 11.4 Å². The number of benzene rings is 1. The van der Waals surface area contributed by atoms with Crippen molar-refractivity contribution < 1.29 is 14.4 Å². The van der Waals surface area contributed by atoms with Gasteiger partial charge in [0.1, 0.15) is 0 Å². The first kappa shape index (κ1) is 18.2. The van der Waals surface area contributed by atoms with Gasteiger partial charge in [0.15, 0.2) is 0 Å². The number of aryl methyl sites for hydroxylation is 2. The van der Waals surface area contributed by atoms with Crippen molar-refractivity contribution in [2.24, 2.45) is 5.92 Å². The Hall–Kier alpha value is -2.21. The molecule has 2 aliphatic rings. The van der Waals surface area contributed by atoms with Crippen LogP contribution in [0.2, 0.25) is 0 Å². The van der Waals surface area contributed by atoms with Gasteiger partial charge in [-0.2, -0.15) is 4.98 Å². The van der Waals surface area contributed by atoms with Crippen molar-refractivity contribution >= 4 is 5.91 Å². The van der Waals surface area contributed by atoms with Crippen LogP contribution in [0.4, 0.5) is 0 Å². The third-order valence-electron chi connectivity index (χ3n) is 5.93. The molecule has 144 valence electrons. The predicted octanol–water partition coefficient (Wildman–Crippen LogP) is 3.13. The van der Waals surface area contributed by atoms with Crippen LogP contribution in [0.25, 0.3) is 11.4 Å². The summed E-state index contributed by atoms with van der Waals surface area (Å²) >= 11 is 0. The molecule has 0 spiro atoms. The summed E-state index contributed by atoms with van der Waals surface area (Å²) in [6.07, 6.45) is 5.57.